The summed E-state index contributed by atoms with van der Waals surface area (Å²) in [5.41, 5.74) is 6.00. The Morgan fingerprint density at radius 2 is 2.11 bits per heavy atom. The number of thiazole rings is 1. The van der Waals surface area contributed by atoms with Gasteiger partial charge in [0, 0.05) is 22.4 Å². The molecule has 1 heterocycles. The highest BCUT2D eigenvalue weighted by atomic mass is 32.2. The van der Waals surface area contributed by atoms with Crippen LogP contribution in [0.5, 0.6) is 0 Å². The molecule has 2 N–H and O–H groups in total. The quantitative estimate of drug-likeness (QED) is 0.901. The number of aromatic nitrogens is 1. The molecule has 0 aliphatic rings. The fourth-order valence-corrected chi connectivity index (χ4v) is 3.95. The van der Waals surface area contributed by atoms with Crippen LogP contribution in [0.3, 0.4) is 0 Å². The zero-order valence-electron chi connectivity index (χ0n) is 9.48. The summed E-state index contributed by atoms with van der Waals surface area (Å²) in [6.45, 7) is 0. The van der Waals surface area contributed by atoms with Crippen molar-refractivity contribution in [3.05, 3.63) is 52.5 Å². The molecule has 0 radical (unpaired) electrons. The first kappa shape index (κ1) is 12.9. The summed E-state index contributed by atoms with van der Waals surface area (Å²) in [7, 11) is -1.39. The number of primary amides is 1. The van der Waals surface area contributed by atoms with Crippen molar-refractivity contribution in [3.63, 3.8) is 0 Å². The molecule has 0 spiro atoms. The summed E-state index contributed by atoms with van der Waals surface area (Å²) in [5, 5.41) is 2.17. The first-order valence-corrected chi connectivity index (χ1v) is 7.54. The zero-order valence-corrected chi connectivity index (χ0v) is 11.1. The second-order valence-corrected chi connectivity index (χ2v) is 6.10. The molecule has 2 atom stereocenters. The summed E-state index contributed by atoms with van der Waals surface area (Å²) in [6.07, 6.45) is 1.66. The van der Waals surface area contributed by atoms with Gasteiger partial charge < -0.3 is 5.73 Å². The standard InChI is InChI=1S/C12H12N2O2S2/c13-10(15)8-18(16)11(12-14-6-7-17-12)9-4-2-1-3-5-9/h1-7,11H,8H2,(H2,13,15). The van der Waals surface area contributed by atoms with E-state index >= 15 is 0 Å². The maximum Gasteiger partial charge on any atom is 0.230 e. The van der Waals surface area contributed by atoms with E-state index in [4.69, 9.17) is 5.73 Å². The molecule has 1 amide bonds. The van der Waals surface area contributed by atoms with Crippen molar-refractivity contribution in [2.75, 3.05) is 5.75 Å². The number of carbonyl (C=O) groups excluding carboxylic acids is 1. The molecule has 0 aliphatic carbocycles. The molecule has 0 fully saturated rings. The Balaban J connectivity index is 2.36. The monoisotopic (exact) mass is 280 g/mol. The van der Waals surface area contributed by atoms with Crippen molar-refractivity contribution in [3.8, 4) is 0 Å². The number of nitrogens with zero attached hydrogens (tertiary/aromatic N) is 1. The van der Waals surface area contributed by atoms with Crippen molar-refractivity contribution >= 4 is 28.0 Å². The number of nitrogens with two attached hydrogens (primary N) is 1. The van der Waals surface area contributed by atoms with Crippen molar-refractivity contribution in [2.24, 2.45) is 5.73 Å². The van der Waals surface area contributed by atoms with Crippen LogP contribution in [0.25, 0.3) is 0 Å². The minimum absolute atomic E-state index is 0.154. The molecule has 2 unspecified atom stereocenters. The highest BCUT2D eigenvalue weighted by molar-refractivity contribution is 7.86. The number of amides is 1. The second-order valence-electron chi connectivity index (χ2n) is 3.65. The lowest BCUT2D eigenvalue weighted by atomic mass is 10.1. The smallest absolute Gasteiger partial charge is 0.230 e. The molecule has 6 heteroatoms. The van der Waals surface area contributed by atoms with E-state index in [2.05, 4.69) is 4.98 Å². The molecule has 0 saturated heterocycles. The lowest BCUT2D eigenvalue weighted by molar-refractivity contribution is -0.115. The van der Waals surface area contributed by atoms with Gasteiger partial charge in [-0.3, -0.25) is 9.00 Å². The van der Waals surface area contributed by atoms with Gasteiger partial charge in [-0.1, -0.05) is 30.3 Å². The SMILES string of the molecule is NC(=O)CS(=O)C(c1ccccc1)c1nccs1. The topological polar surface area (TPSA) is 73.1 Å². The molecule has 0 bridgehead atoms. The van der Waals surface area contributed by atoms with E-state index in [1.807, 2.05) is 35.7 Å². The van der Waals surface area contributed by atoms with Crippen LogP contribution >= 0.6 is 11.3 Å². The van der Waals surface area contributed by atoms with Gasteiger partial charge in [-0.05, 0) is 5.56 Å². The average molecular weight is 280 g/mol. The van der Waals surface area contributed by atoms with Crippen molar-refractivity contribution in [1.82, 2.24) is 4.98 Å². The summed E-state index contributed by atoms with van der Waals surface area (Å²) in [6, 6.07) is 9.39. The number of hydrogen-bond acceptors (Lipinski definition) is 4. The summed E-state index contributed by atoms with van der Waals surface area (Å²) < 4.78 is 12.2. The number of benzene rings is 1. The molecule has 94 valence electrons. The summed E-state index contributed by atoms with van der Waals surface area (Å²) >= 11 is 1.42. The Morgan fingerprint density at radius 1 is 1.39 bits per heavy atom. The Hall–Kier alpha value is -1.53. The average Bonchev–Trinajstić information content (AvgIpc) is 2.83. The lowest BCUT2D eigenvalue weighted by Gasteiger charge is -2.13. The van der Waals surface area contributed by atoms with Gasteiger partial charge in [-0.15, -0.1) is 11.3 Å². The molecule has 0 saturated carbocycles. The van der Waals surface area contributed by atoms with Crippen LogP contribution in [0.4, 0.5) is 0 Å². The van der Waals surface area contributed by atoms with Gasteiger partial charge in [0.15, 0.2) is 0 Å². The van der Waals surface area contributed by atoms with Crippen LogP contribution in [0.15, 0.2) is 41.9 Å². The van der Waals surface area contributed by atoms with Gasteiger partial charge in [0.05, 0.1) is 0 Å². The Labute approximate surface area is 111 Å². The third-order valence-electron chi connectivity index (χ3n) is 2.33. The molecular weight excluding hydrogens is 268 g/mol. The Morgan fingerprint density at radius 3 is 2.67 bits per heavy atom. The van der Waals surface area contributed by atoms with E-state index in [9.17, 15) is 9.00 Å². The minimum atomic E-state index is -1.39. The molecule has 1 aromatic carbocycles. The molecule has 4 nitrogen and oxygen atoms in total. The Bertz CT molecular complexity index is 540. The van der Waals surface area contributed by atoms with Crippen LogP contribution < -0.4 is 5.73 Å². The molecule has 2 rings (SSSR count). The van der Waals surface area contributed by atoms with E-state index in [1.165, 1.54) is 11.3 Å². The van der Waals surface area contributed by atoms with Gasteiger partial charge in [0.25, 0.3) is 0 Å². The Kier molecular flexibility index (Phi) is 4.22. The zero-order chi connectivity index (χ0) is 13.0. The minimum Gasteiger partial charge on any atom is -0.369 e. The van der Waals surface area contributed by atoms with Crippen LogP contribution in [0.1, 0.15) is 15.8 Å². The molecule has 18 heavy (non-hydrogen) atoms. The van der Waals surface area contributed by atoms with Crippen LogP contribution in [-0.2, 0) is 15.6 Å². The van der Waals surface area contributed by atoms with Crippen molar-refractivity contribution < 1.29 is 9.00 Å². The molecule has 1 aromatic heterocycles. The third kappa shape index (κ3) is 3.02. The maximum atomic E-state index is 12.2. The van der Waals surface area contributed by atoms with Gasteiger partial charge in [-0.2, -0.15) is 0 Å². The highest BCUT2D eigenvalue weighted by Crippen LogP contribution is 2.29. The van der Waals surface area contributed by atoms with E-state index in [-0.39, 0.29) is 5.75 Å². The van der Waals surface area contributed by atoms with Crippen molar-refractivity contribution in [1.29, 1.82) is 0 Å². The molecule has 2 aromatic rings. The fourth-order valence-electron chi connectivity index (χ4n) is 1.62. The van der Waals surface area contributed by atoms with Crippen molar-refractivity contribution in [2.45, 2.75) is 5.25 Å². The van der Waals surface area contributed by atoms with Crippen LogP contribution in [0, 0.1) is 0 Å². The molecule has 0 aliphatic heterocycles. The normalized spacial score (nSPS) is 14.0. The number of carbonyl (C=O) groups is 1. The number of hydrogen-bond donors (Lipinski definition) is 1. The van der Waals surface area contributed by atoms with E-state index in [0.717, 1.165) is 10.6 Å². The van der Waals surface area contributed by atoms with Gasteiger partial charge in [0.1, 0.15) is 16.0 Å². The lowest BCUT2D eigenvalue weighted by Crippen LogP contribution is -2.23. The fraction of sp³-hybridized carbons (Fsp3) is 0.167. The maximum absolute atomic E-state index is 12.2. The second kappa shape index (κ2) is 5.88. The van der Waals surface area contributed by atoms with Crippen LogP contribution in [-0.4, -0.2) is 20.9 Å². The highest BCUT2D eigenvalue weighted by Gasteiger charge is 2.24. The first-order chi connectivity index (χ1) is 8.68. The van der Waals surface area contributed by atoms with Gasteiger partial charge in [0.2, 0.25) is 5.91 Å². The summed E-state index contributed by atoms with van der Waals surface area (Å²) in [5.74, 6) is -0.718. The van der Waals surface area contributed by atoms with Gasteiger partial charge >= 0.3 is 0 Å². The summed E-state index contributed by atoms with van der Waals surface area (Å²) in [4.78, 5) is 15.1. The molecular formula is C12H12N2O2S2. The van der Waals surface area contributed by atoms with E-state index in [1.54, 1.807) is 6.20 Å². The van der Waals surface area contributed by atoms with E-state index in [0.29, 0.717) is 0 Å². The first-order valence-electron chi connectivity index (χ1n) is 5.28. The predicted molar refractivity (Wildman–Crippen MR) is 72.6 cm³/mol. The van der Waals surface area contributed by atoms with Crippen LogP contribution in [0.2, 0.25) is 0 Å². The largest absolute Gasteiger partial charge is 0.369 e. The van der Waals surface area contributed by atoms with E-state index < -0.39 is 22.0 Å². The van der Waals surface area contributed by atoms with Gasteiger partial charge in [-0.25, -0.2) is 4.98 Å². The predicted octanol–water partition coefficient (Wildman–Crippen LogP) is 1.47. The number of rotatable bonds is 5. The third-order valence-corrected chi connectivity index (χ3v) is 4.91.